The van der Waals surface area contributed by atoms with Crippen molar-refractivity contribution in [1.82, 2.24) is 10.6 Å². The lowest BCUT2D eigenvalue weighted by atomic mass is 9.78. The maximum absolute atomic E-state index is 12.0. The third-order valence-corrected chi connectivity index (χ3v) is 3.65. The van der Waals surface area contributed by atoms with Crippen LogP contribution in [0.5, 0.6) is 0 Å². The summed E-state index contributed by atoms with van der Waals surface area (Å²) in [6, 6.07) is 0.333. The Hall–Kier alpha value is -0.610. The third-order valence-electron chi connectivity index (χ3n) is 3.65. The molecule has 4 heteroatoms. The SMILES string of the molecule is CCC(C)NC1(C(=O)OC)CCNCC1C. The van der Waals surface area contributed by atoms with Gasteiger partial charge in [-0.2, -0.15) is 0 Å². The van der Waals surface area contributed by atoms with E-state index in [1.165, 1.54) is 7.11 Å². The molecule has 1 aliphatic rings. The van der Waals surface area contributed by atoms with Crippen molar-refractivity contribution in [1.29, 1.82) is 0 Å². The maximum atomic E-state index is 12.0. The minimum absolute atomic E-state index is 0.123. The van der Waals surface area contributed by atoms with Crippen molar-refractivity contribution in [3.05, 3.63) is 0 Å². The molecule has 4 nitrogen and oxygen atoms in total. The van der Waals surface area contributed by atoms with Gasteiger partial charge in [-0.25, -0.2) is 0 Å². The van der Waals surface area contributed by atoms with E-state index in [0.717, 1.165) is 25.9 Å². The Bertz CT molecular complexity index is 245. The molecule has 0 radical (unpaired) electrons. The summed E-state index contributed by atoms with van der Waals surface area (Å²) in [5, 5.41) is 6.78. The second-order valence-electron chi connectivity index (χ2n) is 4.77. The average molecular weight is 228 g/mol. The zero-order chi connectivity index (χ0) is 12.2. The number of piperidine rings is 1. The Morgan fingerprint density at radius 3 is 2.88 bits per heavy atom. The molecule has 0 amide bonds. The molecule has 1 saturated heterocycles. The molecule has 0 spiro atoms. The first-order chi connectivity index (χ1) is 7.56. The second-order valence-corrected chi connectivity index (χ2v) is 4.77. The van der Waals surface area contributed by atoms with Gasteiger partial charge in [-0.15, -0.1) is 0 Å². The number of esters is 1. The van der Waals surface area contributed by atoms with Crippen molar-refractivity contribution in [3.8, 4) is 0 Å². The van der Waals surface area contributed by atoms with Crippen molar-refractivity contribution < 1.29 is 9.53 Å². The van der Waals surface area contributed by atoms with Gasteiger partial charge in [0.05, 0.1) is 7.11 Å². The zero-order valence-electron chi connectivity index (χ0n) is 10.8. The Kier molecular flexibility index (Phi) is 4.74. The van der Waals surface area contributed by atoms with Crippen LogP contribution in [0.25, 0.3) is 0 Å². The number of rotatable bonds is 4. The summed E-state index contributed by atoms with van der Waals surface area (Å²) in [4.78, 5) is 12.0. The maximum Gasteiger partial charge on any atom is 0.326 e. The summed E-state index contributed by atoms with van der Waals surface area (Å²) < 4.78 is 4.98. The van der Waals surface area contributed by atoms with Crippen LogP contribution in [0, 0.1) is 5.92 Å². The van der Waals surface area contributed by atoms with Gasteiger partial charge < -0.3 is 10.1 Å². The van der Waals surface area contributed by atoms with Gasteiger partial charge in [0.2, 0.25) is 0 Å². The molecule has 0 aromatic heterocycles. The van der Waals surface area contributed by atoms with Crippen LogP contribution in [0.3, 0.4) is 0 Å². The average Bonchev–Trinajstić information content (AvgIpc) is 2.30. The monoisotopic (exact) mass is 228 g/mol. The summed E-state index contributed by atoms with van der Waals surface area (Å²) >= 11 is 0. The van der Waals surface area contributed by atoms with E-state index in [1.54, 1.807) is 0 Å². The Morgan fingerprint density at radius 1 is 1.69 bits per heavy atom. The molecule has 0 aromatic rings. The number of carbonyl (C=O) groups excluding carboxylic acids is 1. The van der Waals surface area contributed by atoms with Crippen LogP contribution >= 0.6 is 0 Å². The quantitative estimate of drug-likeness (QED) is 0.702. The lowest BCUT2D eigenvalue weighted by molar-refractivity contribution is -0.152. The molecule has 1 aliphatic heterocycles. The molecule has 16 heavy (non-hydrogen) atoms. The molecule has 2 N–H and O–H groups in total. The van der Waals surface area contributed by atoms with Gasteiger partial charge in [-0.05, 0) is 32.2 Å². The van der Waals surface area contributed by atoms with Gasteiger partial charge in [-0.1, -0.05) is 13.8 Å². The Morgan fingerprint density at radius 2 is 2.38 bits per heavy atom. The molecule has 0 aliphatic carbocycles. The summed E-state index contributed by atoms with van der Waals surface area (Å²) in [6.07, 6.45) is 1.81. The topological polar surface area (TPSA) is 50.4 Å². The van der Waals surface area contributed by atoms with E-state index in [2.05, 4.69) is 31.4 Å². The molecule has 3 unspecified atom stereocenters. The first-order valence-corrected chi connectivity index (χ1v) is 6.13. The van der Waals surface area contributed by atoms with Crippen LogP contribution in [0.4, 0.5) is 0 Å². The van der Waals surface area contributed by atoms with Crippen molar-refractivity contribution in [2.24, 2.45) is 5.92 Å². The van der Waals surface area contributed by atoms with Crippen molar-refractivity contribution in [3.63, 3.8) is 0 Å². The van der Waals surface area contributed by atoms with E-state index >= 15 is 0 Å². The summed E-state index contributed by atoms with van der Waals surface area (Å²) in [6.45, 7) is 8.05. The van der Waals surface area contributed by atoms with Crippen LogP contribution < -0.4 is 10.6 Å². The van der Waals surface area contributed by atoms with Gasteiger partial charge in [0.1, 0.15) is 5.54 Å². The van der Waals surface area contributed by atoms with Gasteiger partial charge in [-0.3, -0.25) is 10.1 Å². The van der Waals surface area contributed by atoms with Crippen molar-refractivity contribution in [2.45, 2.75) is 45.2 Å². The fraction of sp³-hybridized carbons (Fsp3) is 0.917. The van der Waals surface area contributed by atoms with E-state index in [4.69, 9.17) is 4.74 Å². The van der Waals surface area contributed by atoms with Crippen LogP contribution in [0.2, 0.25) is 0 Å². The standard InChI is InChI=1S/C12H24N2O2/c1-5-10(3)14-12(11(15)16-4)6-7-13-8-9(12)2/h9-10,13-14H,5-8H2,1-4H3. The molecule has 3 atom stereocenters. The largest absolute Gasteiger partial charge is 0.468 e. The molecular formula is C12H24N2O2. The first-order valence-electron chi connectivity index (χ1n) is 6.13. The lowest BCUT2D eigenvalue weighted by Crippen LogP contribution is -2.65. The normalized spacial score (nSPS) is 32.1. The predicted octanol–water partition coefficient (Wildman–Crippen LogP) is 0.916. The fourth-order valence-corrected chi connectivity index (χ4v) is 2.33. The highest BCUT2D eigenvalue weighted by molar-refractivity contribution is 5.81. The van der Waals surface area contributed by atoms with Crippen LogP contribution in [0.1, 0.15) is 33.6 Å². The summed E-state index contributed by atoms with van der Waals surface area (Å²) in [5.41, 5.74) is -0.505. The number of carbonyl (C=O) groups is 1. The van der Waals surface area contributed by atoms with Crippen LogP contribution in [-0.4, -0.2) is 37.7 Å². The summed E-state index contributed by atoms with van der Waals surface area (Å²) in [5.74, 6) is 0.129. The van der Waals surface area contributed by atoms with Gasteiger partial charge >= 0.3 is 5.97 Å². The van der Waals surface area contributed by atoms with E-state index in [0.29, 0.717) is 6.04 Å². The second kappa shape index (κ2) is 5.64. The third kappa shape index (κ3) is 2.55. The number of ether oxygens (including phenoxy) is 1. The number of nitrogens with one attached hydrogen (secondary N) is 2. The van der Waals surface area contributed by atoms with Crippen molar-refractivity contribution in [2.75, 3.05) is 20.2 Å². The Labute approximate surface area is 98.1 Å². The first kappa shape index (κ1) is 13.5. The van der Waals surface area contributed by atoms with Crippen LogP contribution in [0.15, 0.2) is 0 Å². The number of hydrogen-bond acceptors (Lipinski definition) is 4. The smallest absolute Gasteiger partial charge is 0.326 e. The molecule has 0 bridgehead atoms. The number of methoxy groups -OCH3 is 1. The highest BCUT2D eigenvalue weighted by Gasteiger charge is 2.46. The van der Waals surface area contributed by atoms with E-state index in [-0.39, 0.29) is 11.9 Å². The minimum atomic E-state index is -0.505. The minimum Gasteiger partial charge on any atom is -0.468 e. The highest BCUT2D eigenvalue weighted by Crippen LogP contribution is 2.26. The summed E-state index contributed by atoms with van der Waals surface area (Å²) in [7, 11) is 1.47. The number of hydrogen-bond donors (Lipinski definition) is 2. The van der Waals surface area contributed by atoms with E-state index in [9.17, 15) is 4.79 Å². The zero-order valence-corrected chi connectivity index (χ0v) is 10.8. The molecule has 0 aromatic carbocycles. The fourth-order valence-electron chi connectivity index (χ4n) is 2.33. The molecular weight excluding hydrogens is 204 g/mol. The lowest BCUT2D eigenvalue weighted by Gasteiger charge is -2.42. The molecule has 1 heterocycles. The van der Waals surface area contributed by atoms with Gasteiger partial charge in [0.25, 0.3) is 0 Å². The van der Waals surface area contributed by atoms with Gasteiger partial charge in [0.15, 0.2) is 0 Å². The van der Waals surface area contributed by atoms with Crippen molar-refractivity contribution >= 4 is 5.97 Å². The van der Waals surface area contributed by atoms with E-state index in [1.807, 2.05) is 0 Å². The highest BCUT2D eigenvalue weighted by atomic mass is 16.5. The van der Waals surface area contributed by atoms with E-state index < -0.39 is 5.54 Å². The molecule has 1 rings (SSSR count). The molecule has 94 valence electrons. The predicted molar refractivity (Wildman–Crippen MR) is 64.3 cm³/mol. The molecule has 1 fully saturated rings. The Balaban J connectivity index is 2.86. The van der Waals surface area contributed by atoms with Gasteiger partial charge in [0, 0.05) is 12.6 Å². The van der Waals surface area contributed by atoms with Crippen LogP contribution in [-0.2, 0) is 9.53 Å². The molecule has 0 saturated carbocycles.